The third-order valence-corrected chi connectivity index (χ3v) is 4.38. The van der Waals surface area contributed by atoms with Crippen molar-refractivity contribution in [1.29, 1.82) is 0 Å². The fourth-order valence-electron chi connectivity index (χ4n) is 3.35. The summed E-state index contributed by atoms with van der Waals surface area (Å²) in [4.78, 5) is 2.56. The fraction of sp³-hybridized carbons (Fsp3) is 0.667. The van der Waals surface area contributed by atoms with Crippen molar-refractivity contribution in [3.8, 4) is 11.5 Å². The molecule has 22 heavy (non-hydrogen) atoms. The summed E-state index contributed by atoms with van der Waals surface area (Å²) >= 11 is 0. The monoisotopic (exact) mass is 325 g/mol. The van der Waals surface area contributed by atoms with E-state index in [-0.39, 0.29) is 18.0 Å². The number of fused-ring (bicyclic) bond motifs is 1. The largest absolute Gasteiger partial charge is 0.490 e. The highest BCUT2D eigenvalue weighted by molar-refractivity contribution is 5.85. The molecule has 0 spiro atoms. The van der Waals surface area contributed by atoms with Crippen LogP contribution in [-0.4, -0.2) is 36.7 Å². The number of halogens is 1. The summed E-state index contributed by atoms with van der Waals surface area (Å²) < 4.78 is 12.0. The maximum Gasteiger partial charge on any atom is 0.165 e. The zero-order valence-electron chi connectivity index (χ0n) is 13.8. The Morgan fingerprint density at radius 1 is 1.18 bits per heavy atom. The number of rotatable bonds is 5. The molecule has 0 atom stereocenters. The molecule has 0 saturated carbocycles. The number of nitrogens with zero attached hydrogens (tertiary/aromatic N) is 1. The summed E-state index contributed by atoms with van der Waals surface area (Å²) in [6.45, 7) is 8.72. The lowest BCUT2D eigenvalue weighted by Crippen LogP contribution is -2.31. The number of ether oxygens (including phenoxy) is 2. The van der Waals surface area contributed by atoms with Crippen LogP contribution in [0.15, 0.2) is 18.2 Å². The van der Waals surface area contributed by atoms with Crippen LogP contribution in [0.4, 0.5) is 0 Å². The molecule has 0 aromatic heterocycles. The van der Waals surface area contributed by atoms with Gasteiger partial charge in [-0.05, 0) is 52.3 Å². The van der Waals surface area contributed by atoms with Crippen LogP contribution in [0.2, 0.25) is 0 Å². The van der Waals surface area contributed by atoms with Crippen LogP contribution in [0.3, 0.4) is 0 Å². The molecule has 0 bridgehead atoms. The van der Waals surface area contributed by atoms with Gasteiger partial charge in [0.15, 0.2) is 11.5 Å². The molecule has 2 aliphatic heterocycles. The lowest BCUT2D eigenvalue weighted by Gasteiger charge is -2.26. The van der Waals surface area contributed by atoms with E-state index in [2.05, 4.69) is 30.9 Å². The van der Waals surface area contributed by atoms with Crippen LogP contribution < -0.4 is 9.47 Å². The fourth-order valence-corrected chi connectivity index (χ4v) is 3.35. The minimum atomic E-state index is -0.102. The first kappa shape index (κ1) is 17.4. The molecule has 2 heterocycles. The highest BCUT2D eigenvalue weighted by atomic mass is 35.5. The van der Waals surface area contributed by atoms with Gasteiger partial charge in [-0.3, -0.25) is 0 Å². The molecule has 2 aliphatic rings. The predicted octanol–water partition coefficient (Wildman–Crippen LogP) is 4.08. The minimum absolute atomic E-state index is 0. The number of para-hydroxylation sites is 1. The van der Waals surface area contributed by atoms with Crippen LogP contribution in [-0.2, 0) is 6.42 Å². The Morgan fingerprint density at radius 3 is 2.73 bits per heavy atom. The third-order valence-electron chi connectivity index (χ3n) is 4.38. The molecule has 1 aromatic rings. The highest BCUT2D eigenvalue weighted by Crippen LogP contribution is 2.41. The van der Waals surface area contributed by atoms with E-state index >= 15 is 0 Å². The molecular weight excluding hydrogens is 298 g/mol. The molecule has 0 unspecified atom stereocenters. The predicted molar refractivity (Wildman–Crippen MR) is 92.5 cm³/mol. The van der Waals surface area contributed by atoms with Crippen molar-refractivity contribution < 1.29 is 9.47 Å². The Morgan fingerprint density at radius 2 is 1.95 bits per heavy atom. The van der Waals surface area contributed by atoms with Gasteiger partial charge in [0.2, 0.25) is 0 Å². The van der Waals surface area contributed by atoms with Crippen LogP contribution in [0.25, 0.3) is 0 Å². The van der Waals surface area contributed by atoms with Gasteiger partial charge >= 0.3 is 0 Å². The van der Waals surface area contributed by atoms with Crippen LogP contribution >= 0.6 is 12.4 Å². The number of piperidine rings is 1. The van der Waals surface area contributed by atoms with Gasteiger partial charge in [0, 0.05) is 18.5 Å². The van der Waals surface area contributed by atoms with E-state index in [1.807, 2.05) is 6.07 Å². The third kappa shape index (κ3) is 4.30. The summed E-state index contributed by atoms with van der Waals surface area (Å²) in [6, 6.07) is 6.25. The van der Waals surface area contributed by atoms with Crippen molar-refractivity contribution in [2.45, 2.75) is 51.6 Å². The zero-order valence-corrected chi connectivity index (χ0v) is 14.6. The van der Waals surface area contributed by atoms with E-state index in [9.17, 15) is 0 Å². The molecule has 3 rings (SSSR count). The smallest absolute Gasteiger partial charge is 0.165 e. The van der Waals surface area contributed by atoms with Crippen molar-refractivity contribution in [1.82, 2.24) is 4.90 Å². The summed E-state index contributed by atoms with van der Waals surface area (Å²) in [6.07, 6.45) is 6.17. The summed E-state index contributed by atoms with van der Waals surface area (Å²) in [5, 5.41) is 0. The van der Waals surface area contributed by atoms with E-state index in [0.717, 1.165) is 37.5 Å². The maximum atomic E-state index is 6.04. The number of likely N-dealkylation sites (tertiary alicyclic amines) is 1. The van der Waals surface area contributed by atoms with Gasteiger partial charge < -0.3 is 14.4 Å². The van der Waals surface area contributed by atoms with Gasteiger partial charge in [0.05, 0.1) is 6.61 Å². The second kappa shape index (κ2) is 7.56. The number of hydrogen-bond acceptors (Lipinski definition) is 3. The van der Waals surface area contributed by atoms with Crippen molar-refractivity contribution in [3.05, 3.63) is 23.8 Å². The Hall–Kier alpha value is -0.930. The second-order valence-electron chi connectivity index (χ2n) is 6.89. The van der Waals surface area contributed by atoms with E-state index in [0.29, 0.717) is 0 Å². The van der Waals surface area contributed by atoms with Gasteiger partial charge in [-0.1, -0.05) is 18.6 Å². The second-order valence-corrected chi connectivity index (χ2v) is 6.89. The Balaban J connectivity index is 0.00000176. The maximum absolute atomic E-state index is 6.04. The normalized spacial score (nSPS) is 19.9. The Bertz CT molecular complexity index is 484. The Labute approximate surface area is 140 Å². The molecule has 124 valence electrons. The molecule has 0 amide bonds. The summed E-state index contributed by atoms with van der Waals surface area (Å²) in [7, 11) is 0. The lowest BCUT2D eigenvalue weighted by molar-refractivity contribution is 0.131. The average molecular weight is 326 g/mol. The van der Waals surface area contributed by atoms with E-state index in [4.69, 9.17) is 9.47 Å². The van der Waals surface area contributed by atoms with Gasteiger partial charge in [0.1, 0.15) is 5.60 Å². The van der Waals surface area contributed by atoms with Crippen LogP contribution in [0.1, 0.15) is 45.1 Å². The van der Waals surface area contributed by atoms with E-state index in [1.54, 1.807) is 0 Å². The first-order valence-electron chi connectivity index (χ1n) is 8.30. The summed E-state index contributed by atoms with van der Waals surface area (Å²) in [5.41, 5.74) is 1.17. The Kier molecular flexibility index (Phi) is 5.99. The van der Waals surface area contributed by atoms with Crippen molar-refractivity contribution in [2.75, 3.05) is 26.2 Å². The average Bonchev–Trinajstić information content (AvgIpc) is 2.79. The van der Waals surface area contributed by atoms with Gasteiger partial charge in [0.25, 0.3) is 0 Å². The molecular formula is C18H28ClNO2. The van der Waals surface area contributed by atoms with E-state index < -0.39 is 0 Å². The lowest BCUT2D eigenvalue weighted by atomic mass is 10.0. The summed E-state index contributed by atoms with van der Waals surface area (Å²) in [5.74, 6) is 1.87. The van der Waals surface area contributed by atoms with E-state index in [1.165, 1.54) is 37.9 Å². The van der Waals surface area contributed by atoms with Gasteiger partial charge in [-0.15, -0.1) is 12.4 Å². The first-order valence-corrected chi connectivity index (χ1v) is 8.30. The SMILES string of the molecule is CC1(C)Cc2cccc(OCCCN3CCCCC3)c2O1.Cl. The molecule has 1 aromatic carbocycles. The first-order chi connectivity index (χ1) is 10.1. The molecule has 1 saturated heterocycles. The quantitative estimate of drug-likeness (QED) is 0.761. The molecule has 3 nitrogen and oxygen atoms in total. The van der Waals surface area contributed by atoms with Crippen LogP contribution in [0, 0.1) is 0 Å². The molecule has 0 N–H and O–H groups in total. The minimum Gasteiger partial charge on any atom is -0.490 e. The van der Waals surface area contributed by atoms with Crippen LogP contribution in [0.5, 0.6) is 11.5 Å². The number of benzene rings is 1. The van der Waals surface area contributed by atoms with Crippen molar-refractivity contribution in [3.63, 3.8) is 0 Å². The highest BCUT2D eigenvalue weighted by Gasteiger charge is 2.32. The van der Waals surface area contributed by atoms with Crippen molar-refractivity contribution in [2.24, 2.45) is 0 Å². The standard InChI is InChI=1S/C18H27NO2.ClH/c1-18(2)14-15-8-6-9-16(17(15)21-18)20-13-7-12-19-10-4-3-5-11-19;/h6,8-9H,3-5,7,10-14H2,1-2H3;1H. The molecule has 4 heteroatoms. The topological polar surface area (TPSA) is 21.7 Å². The number of hydrogen-bond donors (Lipinski definition) is 0. The molecule has 0 radical (unpaired) electrons. The van der Waals surface area contributed by atoms with Gasteiger partial charge in [-0.2, -0.15) is 0 Å². The zero-order chi connectivity index (χ0) is 14.7. The molecule has 0 aliphatic carbocycles. The van der Waals surface area contributed by atoms with Gasteiger partial charge in [-0.25, -0.2) is 0 Å². The van der Waals surface area contributed by atoms with Crippen molar-refractivity contribution >= 4 is 12.4 Å². The molecule has 1 fully saturated rings.